The summed E-state index contributed by atoms with van der Waals surface area (Å²) in [5.41, 5.74) is 6.10. The van der Waals surface area contributed by atoms with Crippen LogP contribution in [-0.2, 0) is 0 Å². The molecular weight excluding hydrogens is 146 g/mol. The quantitative estimate of drug-likeness (QED) is 0.690. The van der Waals surface area contributed by atoms with Gasteiger partial charge in [-0.05, 0) is 31.1 Å². The van der Waals surface area contributed by atoms with Gasteiger partial charge in [0.2, 0.25) is 0 Å². The Labute approximate surface area is 76.7 Å². The van der Waals surface area contributed by atoms with E-state index in [0.717, 1.165) is 11.8 Å². The highest BCUT2D eigenvalue weighted by Gasteiger charge is 2.22. The van der Waals surface area contributed by atoms with Crippen LogP contribution in [0.3, 0.4) is 0 Å². The van der Waals surface area contributed by atoms with Crippen LogP contribution >= 0.6 is 0 Å². The van der Waals surface area contributed by atoms with E-state index in [0.29, 0.717) is 6.04 Å². The van der Waals surface area contributed by atoms with Crippen LogP contribution in [0.4, 0.5) is 0 Å². The number of hydrogen-bond acceptors (Lipinski definition) is 1. The first kappa shape index (κ1) is 10.0. The normalized spacial score (nSPS) is 33.2. The van der Waals surface area contributed by atoms with E-state index in [1.807, 2.05) is 0 Å². The molecule has 0 heterocycles. The first-order chi connectivity index (χ1) is 5.74. The predicted molar refractivity (Wildman–Crippen MR) is 54.0 cm³/mol. The maximum absolute atomic E-state index is 6.10. The lowest BCUT2D eigenvalue weighted by atomic mass is 9.78. The van der Waals surface area contributed by atoms with Crippen LogP contribution < -0.4 is 5.73 Å². The lowest BCUT2D eigenvalue weighted by molar-refractivity contribution is 0.247. The van der Waals surface area contributed by atoms with Crippen LogP contribution in [0.25, 0.3) is 0 Å². The van der Waals surface area contributed by atoms with Crippen LogP contribution in [0.2, 0.25) is 0 Å². The first-order valence-electron chi connectivity index (χ1n) is 5.49. The molecule has 72 valence electrons. The van der Waals surface area contributed by atoms with E-state index >= 15 is 0 Å². The molecule has 0 aromatic heterocycles. The Morgan fingerprint density at radius 3 is 2.33 bits per heavy atom. The van der Waals surface area contributed by atoms with Crippen molar-refractivity contribution in [2.75, 3.05) is 0 Å². The fourth-order valence-electron chi connectivity index (χ4n) is 2.28. The first-order valence-corrected chi connectivity index (χ1v) is 5.49. The van der Waals surface area contributed by atoms with Crippen molar-refractivity contribution < 1.29 is 0 Å². The summed E-state index contributed by atoms with van der Waals surface area (Å²) >= 11 is 0. The van der Waals surface area contributed by atoms with Gasteiger partial charge in [0.15, 0.2) is 0 Å². The molecule has 1 nitrogen and oxygen atoms in total. The third kappa shape index (κ3) is 2.78. The molecular formula is C11H23N. The highest BCUT2D eigenvalue weighted by atomic mass is 14.6. The highest BCUT2D eigenvalue weighted by molar-refractivity contribution is 4.78. The summed E-state index contributed by atoms with van der Waals surface area (Å²) in [6, 6.07) is 0.488. The molecule has 1 aliphatic rings. The van der Waals surface area contributed by atoms with Gasteiger partial charge in [-0.25, -0.2) is 0 Å². The van der Waals surface area contributed by atoms with Crippen molar-refractivity contribution in [1.82, 2.24) is 0 Å². The van der Waals surface area contributed by atoms with Crippen molar-refractivity contribution in [2.24, 2.45) is 17.6 Å². The second-order valence-corrected chi connectivity index (χ2v) is 4.47. The molecule has 0 aliphatic heterocycles. The van der Waals surface area contributed by atoms with Gasteiger partial charge in [0.05, 0.1) is 0 Å². The predicted octanol–water partition coefficient (Wildman–Crippen LogP) is 2.94. The van der Waals surface area contributed by atoms with E-state index in [2.05, 4.69) is 13.8 Å². The minimum Gasteiger partial charge on any atom is -0.327 e. The molecule has 0 aromatic carbocycles. The van der Waals surface area contributed by atoms with E-state index in [4.69, 9.17) is 5.73 Å². The highest BCUT2D eigenvalue weighted by Crippen LogP contribution is 2.30. The molecule has 12 heavy (non-hydrogen) atoms. The average molecular weight is 169 g/mol. The summed E-state index contributed by atoms with van der Waals surface area (Å²) in [6.45, 7) is 4.59. The summed E-state index contributed by atoms with van der Waals surface area (Å²) in [4.78, 5) is 0. The minimum atomic E-state index is 0.488. The van der Waals surface area contributed by atoms with Crippen LogP contribution in [0.1, 0.15) is 52.4 Å². The molecule has 0 saturated heterocycles. The zero-order valence-corrected chi connectivity index (χ0v) is 8.55. The summed E-state index contributed by atoms with van der Waals surface area (Å²) in [5, 5.41) is 0. The second-order valence-electron chi connectivity index (χ2n) is 4.47. The number of rotatable bonds is 3. The summed E-state index contributed by atoms with van der Waals surface area (Å²) in [6.07, 6.45) is 8.03. The van der Waals surface area contributed by atoms with Crippen LogP contribution in [0.15, 0.2) is 0 Å². The summed E-state index contributed by atoms with van der Waals surface area (Å²) in [5.74, 6) is 1.79. The molecule has 0 aromatic rings. The van der Waals surface area contributed by atoms with Gasteiger partial charge in [-0.1, -0.05) is 33.1 Å². The Balaban J connectivity index is 2.24. The van der Waals surface area contributed by atoms with Gasteiger partial charge < -0.3 is 5.73 Å². The number of hydrogen-bond donors (Lipinski definition) is 1. The Bertz CT molecular complexity index is 114. The summed E-state index contributed by atoms with van der Waals surface area (Å²) in [7, 11) is 0. The monoisotopic (exact) mass is 169 g/mol. The number of nitrogens with two attached hydrogens (primary N) is 1. The van der Waals surface area contributed by atoms with E-state index in [1.165, 1.54) is 38.5 Å². The Morgan fingerprint density at radius 2 is 1.83 bits per heavy atom. The van der Waals surface area contributed by atoms with E-state index < -0.39 is 0 Å². The third-order valence-electron chi connectivity index (χ3n) is 3.29. The van der Waals surface area contributed by atoms with Gasteiger partial charge >= 0.3 is 0 Å². The smallest absolute Gasteiger partial charge is 0.00670 e. The maximum Gasteiger partial charge on any atom is 0.00670 e. The molecule has 0 amide bonds. The van der Waals surface area contributed by atoms with Gasteiger partial charge in [-0.15, -0.1) is 0 Å². The minimum absolute atomic E-state index is 0.488. The van der Waals surface area contributed by atoms with Crippen molar-refractivity contribution in [3.8, 4) is 0 Å². The van der Waals surface area contributed by atoms with Crippen LogP contribution in [0, 0.1) is 11.8 Å². The second kappa shape index (κ2) is 4.86. The zero-order valence-electron chi connectivity index (χ0n) is 8.55. The SMILES string of the molecule is CCCC(N)C1CCC(C)CC1. The van der Waals surface area contributed by atoms with Crippen molar-refractivity contribution >= 4 is 0 Å². The van der Waals surface area contributed by atoms with E-state index in [9.17, 15) is 0 Å². The third-order valence-corrected chi connectivity index (χ3v) is 3.29. The zero-order chi connectivity index (χ0) is 8.97. The van der Waals surface area contributed by atoms with Gasteiger partial charge in [-0.2, -0.15) is 0 Å². The Hall–Kier alpha value is -0.0400. The van der Waals surface area contributed by atoms with Gasteiger partial charge in [0.1, 0.15) is 0 Å². The fraction of sp³-hybridized carbons (Fsp3) is 1.00. The fourth-order valence-corrected chi connectivity index (χ4v) is 2.28. The molecule has 1 aliphatic carbocycles. The van der Waals surface area contributed by atoms with Crippen LogP contribution in [0.5, 0.6) is 0 Å². The standard InChI is InChI=1S/C11H23N/c1-3-4-11(12)10-7-5-9(2)6-8-10/h9-11H,3-8,12H2,1-2H3. The van der Waals surface area contributed by atoms with Gasteiger partial charge in [-0.3, -0.25) is 0 Å². The summed E-state index contributed by atoms with van der Waals surface area (Å²) < 4.78 is 0. The molecule has 1 unspecified atom stereocenters. The van der Waals surface area contributed by atoms with Crippen molar-refractivity contribution in [3.05, 3.63) is 0 Å². The van der Waals surface area contributed by atoms with Gasteiger partial charge in [0, 0.05) is 6.04 Å². The van der Waals surface area contributed by atoms with Crippen molar-refractivity contribution in [1.29, 1.82) is 0 Å². The Morgan fingerprint density at radius 1 is 1.25 bits per heavy atom. The molecule has 1 heteroatoms. The molecule has 1 saturated carbocycles. The Kier molecular flexibility index (Phi) is 4.07. The van der Waals surface area contributed by atoms with Crippen molar-refractivity contribution in [2.45, 2.75) is 58.4 Å². The largest absolute Gasteiger partial charge is 0.327 e. The maximum atomic E-state index is 6.10. The molecule has 1 rings (SSSR count). The topological polar surface area (TPSA) is 26.0 Å². The van der Waals surface area contributed by atoms with E-state index in [1.54, 1.807) is 0 Å². The lowest BCUT2D eigenvalue weighted by Gasteiger charge is -2.30. The lowest BCUT2D eigenvalue weighted by Crippen LogP contribution is -2.32. The van der Waals surface area contributed by atoms with Crippen LogP contribution in [-0.4, -0.2) is 6.04 Å². The van der Waals surface area contributed by atoms with E-state index in [-0.39, 0.29) is 0 Å². The molecule has 2 N–H and O–H groups in total. The average Bonchev–Trinajstić information content (AvgIpc) is 2.06. The molecule has 1 atom stereocenters. The molecule has 0 spiro atoms. The molecule has 0 radical (unpaired) electrons. The van der Waals surface area contributed by atoms with Gasteiger partial charge in [0.25, 0.3) is 0 Å². The van der Waals surface area contributed by atoms with Crippen molar-refractivity contribution in [3.63, 3.8) is 0 Å². The molecule has 0 bridgehead atoms. The molecule has 1 fully saturated rings.